The van der Waals surface area contributed by atoms with E-state index < -0.39 is 87.8 Å². The van der Waals surface area contributed by atoms with Gasteiger partial charge in [-0.1, -0.05) is 12.1 Å². The van der Waals surface area contributed by atoms with E-state index in [1.807, 2.05) is 0 Å². The predicted octanol–water partition coefficient (Wildman–Crippen LogP) is 4.62. The van der Waals surface area contributed by atoms with Crippen LogP contribution in [0.15, 0.2) is 76.3 Å². The van der Waals surface area contributed by atoms with Crippen molar-refractivity contribution in [3.63, 3.8) is 0 Å². The van der Waals surface area contributed by atoms with E-state index >= 15 is 0 Å². The highest BCUT2D eigenvalue weighted by Crippen LogP contribution is 2.41. The maximum absolute atomic E-state index is 15.0. The zero-order valence-electron chi connectivity index (χ0n) is 36.0. The molecule has 0 saturated heterocycles. The molecule has 2 aromatic heterocycles. The first-order valence-corrected chi connectivity index (χ1v) is 20.0. The van der Waals surface area contributed by atoms with Crippen LogP contribution < -0.4 is 40.1 Å². The molecule has 6 aromatic rings. The van der Waals surface area contributed by atoms with Crippen LogP contribution in [0.2, 0.25) is 0 Å². The fourth-order valence-electron chi connectivity index (χ4n) is 7.67. The number of carboxylic acid groups (broad SMARTS) is 2. The second-order valence-corrected chi connectivity index (χ2v) is 15.1. The number of hydrogen-bond donors (Lipinski definition) is 2. The van der Waals surface area contributed by atoms with Gasteiger partial charge in [-0.2, -0.15) is 9.36 Å². The van der Waals surface area contributed by atoms with Crippen molar-refractivity contribution < 1.29 is 61.5 Å². The molecule has 2 amide bonds. The second kappa shape index (κ2) is 18.9. The number of carbonyl (C=O) groups is 4. The monoisotopic (exact) mass is 932 g/mol. The first-order valence-electron chi connectivity index (χ1n) is 20.0. The number of hydrogen-bond acceptors (Lipinski definition) is 14. The van der Waals surface area contributed by atoms with Gasteiger partial charge in [0.1, 0.15) is 39.9 Å². The molecule has 350 valence electrons. The smallest absolute Gasteiger partial charge is 0.377 e. The molecular weight excluding hydrogens is 894 g/mol. The van der Waals surface area contributed by atoms with Crippen LogP contribution in [0, 0.1) is 23.4 Å². The van der Waals surface area contributed by atoms with Crippen molar-refractivity contribution in [3.8, 4) is 34.4 Å². The van der Waals surface area contributed by atoms with E-state index in [1.165, 1.54) is 51.7 Å². The maximum atomic E-state index is 15.0. The molecule has 0 bridgehead atoms. The molecule has 2 atom stereocenters. The van der Waals surface area contributed by atoms with Crippen molar-refractivity contribution in [2.75, 3.05) is 37.7 Å². The third-order valence-electron chi connectivity index (χ3n) is 10.8. The van der Waals surface area contributed by atoms with Crippen LogP contribution in [0.1, 0.15) is 53.8 Å². The van der Waals surface area contributed by atoms with E-state index in [1.54, 1.807) is 13.8 Å². The van der Waals surface area contributed by atoms with Crippen LogP contribution in [0.3, 0.4) is 0 Å². The number of methoxy groups -OCH3 is 3. The van der Waals surface area contributed by atoms with Crippen LogP contribution in [-0.2, 0) is 0 Å². The number of aromatic carboxylic acids is 2. The van der Waals surface area contributed by atoms with Crippen molar-refractivity contribution in [1.29, 1.82) is 0 Å². The summed E-state index contributed by atoms with van der Waals surface area (Å²) in [6.45, 7) is 3.00. The number of ether oxygens (including phenoxy) is 4. The predicted molar refractivity (Wildman–Crippen MR) is 226 cm³/mol. The first kappa shape index (κ1) is 46.5. The van der Waals surface area contributed by atoms with Gasteiger partial charge in [-0.05, 0) is 108 Å². The fourth-order valence-corrected chi connectivity index (χ4v) is 7.67. The first-order chi connectivity index (χ1) is 32.0. The van der Waals surface area contributed by atoms with Crippen LogP contribution >= 0.6 is 0 Å². The third-order valence-corrected chi connectivity index (χ3v) is 10.8. The largest absolute Gasteiger partial charge is 0.496 e. The molecule has 2 unspecified atom stereocenters. The van der Waals surface area contributed by atoms with E-state index in [0.29, 0.717) is 15.8 Å². The highest BCUT2D eigenvalue weighted by molar-refractivity contribution is 5.99. The van der Waals surface area contributed by atoms with E-state index in [9.17, 15) is 52.2 Å². The number of carbonyl (C=O) groups excluding carboxylic acids is 2. The highest BCUT2D eigenvalue weighted by Gasteiger charge is 2.39. The number of tetrazole rings is 2. The lowest BCUT2D eigenvalue weighted by molar-refractivity contribution is 0.0684. The zero-order valence-corrected chi connectivity index (χ0v) is 36.0. The molecule has 0 radical (unpaired) electrons. The van der Waals surface area contributed by atoms with Crippen LogP contribution in [0.5, 0.6) is 23.0 Å². The summed E-state index contributed by atoms with van der Waals surface area (Å²) >= 11 is 0. The topological polar surface area (TPSA) is 258 Å². The molecule has 1 aliphatic rings. The molecule has 0 aliphatic heterocycles. The maximum Gasteiger partial charge on any atom is 0.377 e. The number of aromatic nitrogens is 8. The molecule has 22 nitrogen and oxygen atoms in total. The highest BCUT2D eigenvalue weighted by atomic mass is 19.1. The summed E-state index contributed by atoms with van der Waals surface area (Å²) in [6, 6.07) is 8.59. The van der Waals surface area contributed by atoms with Gasteiger partial charge in [0, 0.05) is 18.2 Å². The van der Waals surface area contributed by atoms with Crippen molar-refractivity contribution >= 4 is 35.4 Å². The SMILES string of the molecule is COc1cc(OC)c(N(C(=O)n2nnn(-c3c(F)cccc3F)c2=O)C2CCC(COc3ccc(C(=O)O)cc3N(C(=O)n3nnn(-c4c(F)cccc4OC)c3=O)C(C)C)C2)cc1C(=O)O. The summed E-state index contributed by atoms with van der Waals surface area (Å²) in [5.74, 6) is -6.79. The summed E-state index contributed by atoms with van der Waals surface area (Å²) in [7, 11) is 3.70. The molecule has 2 N–H and O–H groups in total. The molecule has 0 spiro atoms. The average molecular weight is 933 g/mol. The van der Waals surface area contributed by atoms with E-state index in [4.69, 9.17) is 18.9 Å². The minimum Gasteiger partial charge on any atom is -0.496 e. The molecule has 67 heavy (non-hydrogen) atoms. The Balaban J connectivity index is 1.22. The van der Waals surface area contributed by atoms with Gasteiger partial charge in [0.15, 0.2) is 17.5 Å². The third kappa shape index (κ3) is 8.72. The summed E-state index contributed by atoms with van der Waals surface area (Å²) in [6.07, 6.45) is 0.616. The Hall–Kier alpha value is -8.51. The quantitative estimate of drug-likeness (QED) is 0.141. The summed E-state index contributed by atoms with van der Waals surface area (Å²) < 4.78 is 68.1. The van der Waals surface area contributed by atoms with Crippen LogP contribution in [-0.4, -0.2) is 114 Å². The number of anilines is 2. The van der Waals surface area contributed by atoms with Crippen molar-refractivity contribution in [3.05, 3.63) is 116 Å². The number of benzene rings is 4. The van der Waals surface area contributed by atoms with Crippen molar-refractivity contribution in [2.45, 2.75) is 45.2 Å². The van der Waals surface area contributed by atoms with Gasteiger partial charge >= 0.3 is 35.4 Å². The number of halogens is 3. The molecule has 1 saturated carbocycles. The molecule has 7 rings (SSSR count). The van der Waals surface area contributed by atoms with Crippen molar-refractivity contribution in [1.82, 2.24) is 39.6 Å². The van der Waals surface area contributed by atoms with E-state index in [2.05, 4.69) is 20.9 Å². The average Bonchev–Trinajstić information content (AvgIpc) is 4.03. The lowest BCUT2D eigenvalue weighted by Crippen LogP contribution is -2.46. The van der Waals surface area contributed by atoms with E-state index in [0.717, 1.165) is 46.2 Å². The van der Waals surface area contributed by atoms with Gasteiger partial charge in [-0.15, -0.1) is 9.36 Å². The summed E-state index contributed by atoms with van der Waals surface area (Å²) in [5.41, 5.74) is -4.76. The summed E-state index contributed by atoms with van der Waals surface area (Å²) in [5, 5.41) is 34.6. The number of nitrogens with zero attached hydrogens (tertiary/aromatic N) is 10. The molecule has 2 heterocycles. The van der Waals surface area contributed by atoms with Crippen LogP contribution in [0.25, 0.3) is 11.4 Å². The molecule has 4 aromatic carbocycles. The molecule has 1 fully saturated rings. The van der Waals surface area contributed by atoms with Gasteiger partial charge in [0.05, 0.1) is 44.9 Å². The number of para-hydroxylation sites is 2. The fraction of sp³-hybridized carbons (Fsp3) is 0.286. The lowest BCUT2D eigenvalue weighted by Gasteiger charge is -2.30. The number of rotatable bonds is 14. The van der Waals surface area contributed by atoms with Gasteiger partial charge in [-0.25, -0.2) is 41.9 Å². The van der Waals surface area contributed by atoms with Gasteiger partial charge in [0.25, 0.3) is 0 Å². The van der Waals surface area contributed by atoms with Gasteiger partial charge < -0.3 is 29.2 Å². The Morgan fingerprint density at radius 2 is 1.27 bits per heavy atom. The minimum absolute atomic E-state index is 0.0221. The Kier molecular flexibility index (Phi) is 13.1. The Labute approximate surface area is 375 Å². The normalized spacial score (nSPS) is 14.5. The second-order valence-electron chi connectivity index (χ2n) is 15.1. The van der Waals surface area contributed by atoms with E-state index in [-0.39, 0.29) is 68.7 Å². The number of amides is 2. The van der Waals surface area contributed by atoms with Gasteiger partial charge in [-0.3, -0.25) is 9.80 Å². The Morgan fingerprint density at radius 3 is 1.85 bits per heavy atom. The standard InChI is InChI=1S/C42H39F3N10O12/c1-21(2)50(39(60)54-42(63)53(47-49-54)36-28(45)10-7-11-32(36)64-3)29-17-23(37(56)57)13-15-31(29)67-20-22-12-14-24(16-22)51(30-18-25(38(58)59)33(65-4)19-34(30)66-5)40(61)55-41(62)52(46-48-55)35-26(43)8-6-9-27(35)44/h6-11,13,15,17-19,21-22,24H,12,14,16,20H2,1-5H3,(H,56,57)(H,58,59). The lowest BCUT2D eigenvalue weighted by atomic mass is 10.1. The molecule has 1 aliphatic carbocycles. The molecule has 25 heteroatoms. The minimum atomic E-state index is -1.44. The van der Waals surface area contributed by atoms with Gasteiger partial charge in [0.2, 0.25) is 0 Å². The Morgan fingerprint density at radius 1 is 0.687 bits per heavy atom. The Bertz CT molecular complexity index is 3020. The van der Waals surface area contributed by atoms with Crippen molar-refractivity contribution in [2.24, 2.45) is 5.92 Å². The molecular formula is C42H39F3N10O12. The number of carboxylic acids is 2. The van der Waals surface area contributed by atoms with Crippen LogP contribution in [0.4, 0.5) is 34.1 Å². The zero-order chi connectivity index (χ0) is 48.4. The summed E-state index contributed by atoms with van der Waals surface area (Å²) in [4.78, 5) is 82.6.